The molecule has 0 unspecified atom stereocenters. The summed E-state index contributed by atoms with van der Waals surface area (Å²) in [6, 6.07) is 0. The van der Waals surface area contributed by atoms with Crippen LogP contribution < -0.4 is 5.32 Å². The van der Waals surface area contributed by atoms with Gasteiger partial charge in [-0.25, -0.2) is 0 Å². The molecule has 0 aliphatic carbocycles. The number of nitrogens with one attached hydrogen (secondary N) is 1. The van der Waals surface area contributed by atoms with Crippen molar-refractivity contribution in [2.75, 3.05) is 19.6 Å². The number of allylic oxidation sites excluding steroid dienone is 2. The summed E-state index contributed by atoms with van der Waals surface area (Å²) in [7, 11) is 0. The standard InChI is InChI=1S/C12H21N3/c1-4-10(2)9-14-15-11(3)12-5-7-13-8-6-12/h4,12-13H,3,5-9H2,1-2H3/b10-4-,15-14?. The predicted octanol–water partition coefficient (Wildman–Crippen LogP) is 2.92. The van der Waals surface area contributed by atoms with Gasteiger partial charge in [0.05, 0.1) is 12.2 Å². The van der Waals surface area contributed by atoms with Gasteiger partial charge in [-0.2, -0.15) is 10.2 Å². The maximum Gasteiger partial charge on any atom is 0.0810 e. The van der Waals surface area contributed by atoms with E-state index in [-0.39, 0.29) is 0 Å². The maximum absolute atomic E-state index is 4.20. The van der Waals surface area contributed by atoms with Crippen LogP contribution in [0.1, 0.15) is 26.7 Å². The van der Waals surface area contributed by atoms with Crippen LogP contribution in [0.25, 0.3) is 0 Å². The van der Waals surface area contributed by atoms with Crippen LogP contribution in [0.5, 0.6) is 0 Å². The van der Waals surface area contributed by atoms with Crippen LogP contribution in [0.3, 0.4) is 0 Å². The van der Waals surface area contributed by atoms with E-state index in [0.29, 0.717) is 12.5 Å². The van der Waals surface area contributed by atoms with Gasteiger partial charge in [-0.3, -0.25) is 0 Å². The number of piperidine rings is 1. The summed E-state index contributed by atoms with van der Waals surface area (Å²) in [5, 5.41) is 11.7. The predicted molar refractivity (Wildman–Crippen MR) is 63.9 cm³/mol. The zero-order chi connectivity index (χ0) is 11.1. The van der Waals surface area contributed by atoms with Crippen LogP contribution in [-0.4, -0.2) is 19.6 Å². The summed E-state index contributed by atoms with van der Waals surface area (Å²) in [5.41, 5.74) is 2.19. The van der Waals surface area contributed by atoms with Crippen molar-refractivity contribution < 1.29 is 0 Å². The number of rotatable bonds is 4. The second-order valence-electron chi connectivity index (χ2n) is 4.05. The van der Waals surface area contributed by atoms with Crippen LogP contribution in [-0.2, 0) is 0 Å². The summed E-state index contributed by atoms with van der Waals surface area (Å²) >= 11 is 0. The molecule has 15 heavy (non-hydrogen) atoms. The van der Waals surface area contributed by atoms with Crippen LogP contribution >= 0.6 is 0 Å². The molecule has 1 saturated heterocycles. The first-order valence-electron chi connectivity index (χ1n) is 5.63. The van der Waals surface area contributed by atoms with E-state index in [0.717, 1.165) is 31.6 Å². The molecule has 0 atom stereocenters. The first-order chi connectivity index (χ1) is 7.24. The minimum absolute atomic E-state index is 0.529. The number of hydrogen-bond donors (Lipinski definition) is 1. The molecule has 1 aliphatic heterocycles. The summed E-state index contributed by atoms with van der Waals surface area (Å²) in [6.07, 6.45) is 4.34. The highest BCUT2D eigenvalue weighted by atomic mass is 15.1. The zero-order valence-corrected chi connectivity index (χ0v) is 9.79. The number of nitrogens with zero attached hydrogens (tertiary/aromatic N) is 2. The lowest BCUT2D eigenvalue weighted by atomic mass is 9.96. The Balaban J connectivity index is 2.33. The summed E-state index contributed by atoms with van der Waals surface area (Å²) in [5.74, 6) is 0.529. The van der Waals surface area contributed by atoms with Crippen molar-refractivity contribution in [2.24, 2.45) is 16.1 Å². The van der Waals surface area contributed by atoms with E-state index in [1.54, 1.807) is 0 Å². The van der Waals surface area contributed by atoms with E-state index in [1.165, 1.54) is 5.57 Å². The van der Waals surface area contributed by atoms with Crippen molar-refractivity contribution in [3.05, 3.63) is 23.9 Å². The second-order valence-corrected chi connectivity index (χ2v) is 4.05. The van der Waals surface area contributed by atoms with Crippen LogP contribution in [0.15, 0.2) is 34.2 Å². The number of hydrogen-bond acceptors (Lipinski definition) is 3. The lowest BCUT2D eigenvalue weighted by Crippen LogP contribution is -2.28. The topological polar surface area (TPSA) is 36.8 Å². The molecule has 0 aromatic carbocycles. The molecule has 0 aromatic rings. The Bertz CT molecular complexity index is 260. The minimum Gasteiger partial charge on any atom is -0.317 e. The quantitative estimate of drug-likeness (QED) is 0.558. The van der Waals surface area contributed by atoms with Gasteiger partial charge in [0.15, 0.2) is 0 Å². The molecule has 0 saturated carbocycles. The summed E-state index contributed by atoms with van der Waals surface area (Å²) in [4.78, 5) is 0. The highest BCUT2D eigenvalue weighted by Crippen LogP contribution is 2.20. The van der Waals surface area contributed by atoms with Gasteiger partial charge in [0.1, 0.15) is 0 Å². The van der Waals surface area contributed by atoms with Crippen LogP contribution in [0.2, 0.25) is 0 Å². The van der Waals surface area contributed by atoms with Crippen molar-refractivity contribution in [1.82, 2.24) is 5.32 Å². The normalized spacial score (nSPS) is 19.7. The smallest absolute Gasteiger partial charge is 0.0810 e. The fourth-order valence-electron chi connectivity index (χ4n) is 1.57. The molecule has 1 rings (SSSR count). The fourth-order valence-corrected chi connectivity index (χ4v) is 1.57. The van der Waals surface area contributed by atoms with Crippen molar-refractivity contribution in [1.29, 1.82) is 0 Å². The van der Waals surface area contributed by atoms with Crippen molar-refractivity contribution in [2.45, 2.75) is 26.7 Å². The summed E-state index contributed by atoms with van der Waals surface area (Å²) < 4.78 is 0. The molecule has 0 spiro atoms. The van der Waals surface area contributed by atoms with E-state index in [1.807, 2.05) is 6.92 Å². The molecule has 1 fully saturated rings. The Morgan fingerprint density at radius 1 is 1.47 bits per heavy atom. The highest BCUT2D eigenvalue weighted by Gasteiger charge is 2.15. The SMILES string of the molecule is C=C(N=NC/C(C)=C\C)C1CCNCC1. The average molecular weight is 207 g/mol. The maximum atomic E-state index is 4.20. The van der Waals surface area contributed by atoms with Gasteiger partial charge in [-0.05, 0) is 39.8 Å². The van der Waals surface area contributed by atoms with Gasteiger partial charge in [0, 0.05) is 5.92 Å². The van der Waals surface area contributed by atoms with E-state index in [2.05, 4.69) is 35.1 Å². The average Bonchev–Trinajstić information content (AvgIpc) is 2.29. The second kappa shape index (κ2) is 6.51. The third-order valence-corrected chi connectivity index (χ3v) is 2.82. The van der Waals surface area contributed by atoms with Crippen molar-refractivity contribution >= 4 is 0 Å². The third-order valence-electron chi connectivity index (χ3n) is 2.82. The molecule has 3 nitrogen and oxygen atoms in total. The molecule has 1 heterocycles. The van der Waals surface area contributed by atoms with Gasteiger partial charge < -0.3 is 5.32 Å². The van der Waals surface area contributed by atoms with Gasteiger partial charge in [0.2, 0.25) is 0 Å². The Morgan fingerprint density at radius 2 is 2.13 bits per heavy atom. The highest BCUT2D eigenvalue weighted by molar-refractivity contribution is 5.01. The molecule has 3 heteroatoms. The molecule has 0 amide bonds. The Morgan fingerprint density at radius 3 is 2.73 bits per heavy atom. The monoisotopic (exact) mass is 207 g/mol. The molecule has 1 N–H and O–H groups in total. The van der Waals surface area contributed by atoms with E-state index in [9.17, 15) is 0 Å². The lowest BCUT2D eigenvalue weighted by molar-refractivity contribution is 0.415. The molecule has 0 aromatic heterocycles. The van der Waals surface area contributed by atoms with Gasteiger partial charge >= 0.3 is 0 Å². The van der Waals surface area contributed by atoms with E-state index < -0.39 is 0 Å². The number of azo groups is 1. The van der Waals surface area contributed by atoms with Crippen molar-refractivity contribution in [3.8, 4) is 0 Å². The Hall–Kier alpha value is -0.960. The Kier molecular flexibility index (Phi) is 5.26. The van der Waals surface area contributed by atoms with E-state index >= 15 is 0 Å². The first kappa shape index (κ1) is 12.1. The molecule has 1 aliphatic rings. The minimum atomic E-state index is 0.529. The zero-order valence-electron chi connectivity index (χ0n) is 9.79. The van der Waals surface area contributed by atoms with Crippen LogP contribution in [0.4, 0.5) is 0 Å². The van der Waals surface area contributed by atoms with Gasteiger partial charge in [0.25, 0.3) is 0 Å². The van der Waals surface area contributed by atoms with E-state index in [4.69, 9.17) is 0 Å². The first-order valence-corrected chi connectivity index (χ1v) is 5.63. The van der Waals surface area contributed by atoms with Crippen molar-refractivity contribution in [3.63, 3.8) is 0 Å². The van der Waals surface area contributed by atoms with Gasteiger partial charge in [-0.15, -0.1) is 0 Å². The van der Waals surface area contributed by atoms with Gasteiger partial charge in [-0.1, -0.05) is 18.2 Å². The fraction of sp³-hybridized carbons (Fsp3) is 0.667. The molecular formula is C12H21N3. The molecule has 84 valence electrons. The molecular weight excluding hydrogens is 186 g/mol. The van der Waals surface area contributed by atoms with Crippen LogP contribution in [0, 0.1) is 5.92 Å². The Labute approximate surface area is 92.4 Å². The third kappa shape index (κ3) is 4.38. The molecule has 0 radical (unpaired) electrons. The lowest BCUT2D eigenvalue weighted by Gasteiger charge is -2.21. The molecule has 0 bridgehead atoms. The summed E-state index contributed by atoms with van der Waals surface area (Å²) in [6.45, 7) is 10.9. The largest absolute Gasteiger partial charge is 0.317 e.